The summed E-state index contributed by atoms with van der Waals surface area (Å²) in [6, 6.07) is 0. The van der Waals surface area contributed by atoms with Gasteiger partial charge in [-0.25, -0.2) is 0 Å². The molecule has 0 atom stereocenters. The molecule has 0 aromatic carbocycles. The fraction of sp³-hybridized carbons (Fsp3) is 0. The van der Waals surface area contributed by atoms with E-state index in [1.807, 2.05) is 0 Å². The Balaban J connectivity index is 0. The molecule has 0 N–H and O–H groups in total. The Morgan fingerprint density at radius 1 is 0.182 bits per heavy atom. The van der Waals surface area contributed by atoms with E-state index in [9.17, 15) is 0 Å². The van der Waals surface area contributed by atoms with Crippen LogP contribution in [0.15, 0.2) is 0 Å². The minimum absolute atomic E-state index is 0. The van der Waals surface area contributed by atoms with Crippen molar-refractivity contribution in [2.24, 2.45) is 0 Å². The number of rotatable bonds is 0. The molecule has 0 rings (SSSR count). The first-order valence-corrected chi connectivity index (χ1v) is 0. The third-order valence-electron chi connectivity index (χ3n) is 0. The zero-order valence-corrected chi connectivity index (χ0v) is 25.8. The van der Waals surface area contributed by atoms with Gasteiger partial charge in [-0.3, -0.25) is 0 Å². The fourth-order valence-corrected chi connectivity index (χ4v) is 0. The average molecular weight is 693 g/mol. The molecule has 0 aliphatic carbocycles. The SMILES string of the molecule is [Ga].[Ga].[Ga].[Ga].[Ga].[Ga].[Mn].[Mn].[Mn].[Mn].[Mn]. The van der Waals surface area contributed by atoms with Crippen molar-refractivity contribution in [1.82, 2.24) is 0 Å². The second kappa shape index (κ2) is 94.8. The molecule has 0 unspecified atom stereocenters. The summed E-state index contributed by atoms with van der Waals surface area (Å²) in [4.78, 5) is 0. The first kappa shape index (κ1) is 114. The van der Waals surface area contributed by atoms with Crippen LogP contribution in [0, 0.1) is 0 Å². The summed E-state index contributed by atoms with van der Waals surface area (Å²) >= 11 is 0. The molecule has 11 heteroatoms. The van der Waals surface area contributed by atoms with Crippen molar-refractivity contribution in [3.63, 3.8) is 0 Å². The van der Waals surface area contributed by atoms with Gasteiger partial charge in [0, 0.05) is 204 Å². The second-order valence-corrected chi connectivity index (χ2v) is 0. The monoisotopic (exact) mass is 688 g/mol. The zero-order valence-electron chi connectivity index (χ0n) is 5.35. The van der Waals surface area contributed by atoms with Crippen LogP contribution in [0.25, 0.3) is 0 Å². The topological polar surface area (TPSA) is 0 Å². The summed E-state index contributed by atoms with van der Waals surface area (Å²) in [5, 5.41) is 0. The molecular formula is Ga6Mn5. The van der Waals surface area contributed by atoms with E-state index in [0.717, 1.165) is 0 Å². The van der Waals surface area contributed by atoms with Crippen molar-refractivity contribution in [3.8, 4) is 0 Å². The standard InChI is InChI=1S/6Ga.5Mn. The molecular weight excluding hydrogens is 693 g/mol. The van der Waals surface area contributed by atoms with Gasteiger partial charge in [-0.05, 0) is 0 Å². The zero-order chi connectivity index (χ0) is 0. The van der Waals surface area contributed by atoms with E-state index in [1.54, 1.807) is 0 Å². The van der Waals surface area contributed by atoms with E-state index in [1.165, 1.54) is 0 Å². The quantitative estimate of drug-likeness (QED) is 0.251. The largest absolute Gasteiger partial charge is 0 e. The summed E-state index contributed by atoms with van der Waals surface area (Å²) in [5.41, 5.74) is 0. The van der Waals surface area contributed by atoms with Crippen LogP contribution in [0.5, 0.6) is 0 Å². The van der Waals surface area contributed by atoms with Gasteiger partial charge < -0.3 is 0 Å². The number of hydrogen-bond donors (Lipinski definition) is 0. The molecule has 0 bridgehead atoms. The van der Waals surface area contributed by atoms with Crippen LogP contribution in [0.3, 0.4) is 0 Å². The minimum Gasteiger partial charge on any atom is 0 e. The van der Waals surface area contributed by atoms with Crippen LogP contribution >= 0.6 is 0 Å². The van der Waals surface area contributed by atoms with Gasteiger partial charge in [-0.1, -0.05) is 0 Å². The van der Waals surface area contributed by atoms with E-state index < -0.39 is 0 Å². The predicted octanol–water partition coefficient (Wildman–Crippen LogP) is -2.30. The van der Waals surface area contributed by atoms with Crippen LogP contribution < -0.4 is 0 Å². The maximum Gasteiger partial charge on any atom is 0 e. The summed E-state index contributed by atoms with van der Waals surface area (Å²) in [6.07, 6.45) is 0. The Morgan fingerprint density at radius 2 is 0.182 bits per heavy atom. The molecule has 0 heterocycles. The summed E-state index contributed by atoms with van der Waals surface area (Å²) in [7, 11) is 0. The van der Waals surface area contributed by atoms with Crippen molar-refractivity contribution in [1.29, 1.82) is 0 Å². The molecule has 0 spiro atoms. The molecule has 0 aromatic heterocycles. The van der Waals surface area contributed by atoms with Crippen molar-refractivity contribution in [2.75, 3.05) is 0 Å². The molecule has 11 heavy (non-hydrogen) atoms. The Labute approximate surface area is 199 Å². The van der Waals surface area contributed by atoms with Crippen molar-refractivity contribution >= 4 is 119 Å². The molecule has 0 amide bonds. The van der Waals surface area contributed by atoms with Crippen LogP contribution in [0.2, 0.25) is 0 Å². The van der Waals surface area contributed by atoms with Gasteiger partial charge in [0.1, 0.15) is 0 Å². The molecule has 0 nitrogen and oxygen atoms in total. The summed E-state index contributed by atoms with van der Waals surface area (Å²) in [6.45, 7) is 0. The van der Waals surface area contributed by atoms with Crippen LogP contribution in [-0.4, -0.2) is 119 Å². The van der Waals surface area contributed by atoms with Gasteiger partial charge in [-0.2, -0.15) is 0 Å². The van der Waals surface area contributed by atoms with E-state index in [-0.39, 0.29) is 204 Å². The predicted molar refractivity (Wildman–Crippen MR) is 34.5 cm³/mol. The van der Waals surface area contributed by atoms with E-state index >= 15 is 0 Å². The fourth-order valence-electron chi connectivity index (χ4n) is 0. The Morgan fingerprint density at radius 3 is 0.182 bits per heavy atom. The summed E-state index contributed by atoms with van der Waals surface area (Å²) < 4.78 is 0. The van der Waals surface area contributed by atoms with Gasteiger partial charge >= 0.3 is 0 Å². The van der Waals surface area contributed by atoms with E-state index in [2.05, 4.69) is 0 Å². The third kappa shape index (κ3) is 82.9. The van der Waals surface area contributed by atoms with E-state index in [4.69, 9.17) is 0 Å². The van der Waals surface area contributed by atoms with Crippen molar-refractivity contribution in [3.05, 3.63) is 0 Å². The molecule has 0 fully saturated rings. The molecule has 53 valence electrons. The maximum absolute atomic E-state index is 0. The smallest absolute Gasteiger partial charge is 0 e. The number of hydrogen-bond acceptors (Lipinski definition) is 0. The van der Waals surface area contributed by atoms with Gasteiger partial charge in [0.05, 0.1) is 0 Å². The molecule has 0 aliphatic heterocycles. The minimum atomic E-state index is 0. The first-order chi connectivity index (χ1) is 0. The van der Waals surface area contributed by atoms with Crippen LogP contribution in [0.1, 0.15) is 0 Å². The van der Waals surface area contributed by atoms with Gasteiger partial charge in [0.25, 0.3) is 0 Å². The van der Waals surface area contributed by atoms with Crippen molar-refractivity contribution < 1.29 is 85.3 Å². The van der Waals surface area contributed by atoms with Gasteiger partial charge in [0.15, 0.2) is 0 Å². The van der Waals surface area contributed by atoms with Crippen LogP contribution in [-0.2, 0) is 85.3 Å². The molecule has 0 aliphatic rings. The Hall–Kier alpha value is 6.42. The maximum atomic E-state index is 0. The first-order valence-electron chi connectivity index (χ1n) is 0. The van der Waals surface area contributed by atoms with Gasteiger partial charge in [-0.15, -0.1) is 0 Å². The summed E-state index contributed by atoms with van der Waals surface area (Å²) in [5.74, 6) is 0. The normalized spacial score (nSPS) is 0. The molecule has 23 radical (unpaired) electrons. The second-order valence-electron chi connectivity index (χ2n) is 0. The molecule has 0 saturated heterocycles. The van der Waals surface area contributed by atoms with Crippen LogP contribution in [0.4, 0.5) is 0 Å². The van der Waals surface area contributed by atoms with E-state index in [0.29, 0.717) is 0 Å². The Kier molecular flexibility index (Phi) is 982. The van der Waals surface area contributed by atoms with Crippen molar-refractivity contribution in [2.45, 2.75) is 0 Å². The molecule has 0 saturated carbocycles. The average Bonchev–Trinajstić information content (AvgIpc) is 0. The Bertz CT molecular complexity index is 10.9. The van der Waals surface area contributed by atoms with Gasteiger partial charge in [0.2, 0.25) is 0 Å². The molecule has 0 aromatic rings. The third-order valence-corrected chi connectivity index (χ3v) is 0.